The Morgan fingerprint density at radius 1 is 1.02 bits per heavy atom. The zero-order valence-electron chi connectivity index (χ0n) is 23.6. The van der Waals surface area contributed by atoms with Crippen LogP contribution in [0.3, 0.4) is 0 Å². The molecule has 4 rings (SSSR count). The molecule has 40 heavy (non-hydrogen) atoms. The third kappa shape index (κ3) is 8.02. The van der Waals surface area contributed by atoms with Gasteiger partial charge in [-0.25, -0.2) is 9.59 Å². The number of carbonyl (C=O) groups excluding carboxylic acids is 2. The summed E-state index contributed by atoms with van der Waals surface area (Å²) >= 11 is 0. The first-order chi connectivity index (χ1) is 19.1. The Morgan fingerprint density at radius 2 is 1.70 bits per heavy atom. The highest BCUT2D eigenvalue weighted by Crippen LogP contribution is 2.36. The minimum atomic E-state index is -0.964. The van der Waals surface area contributed by atoms with Crippen LogP contribution < -0.4 is 5.32 Å². The summed E-state index contributed by atoms with van der Waals surface area (Å²) in [7, 11) is 0. The SMILES string of the molecule is CCOC(=O)[C@@H](C)O[C@@H]1[C@@H](NC(=O)OC(C)(C)C)[C@H](OCc2ccccc2)O[C@@H]2CO[C@@H](c3ccccc3)O[C@@H]12. The Bertz CT molecular complexity index is 1090. The number of benzene rings is 2. The topological polar surface area (TPSA) is 111 Å². The molecule has 2 aliphatic rings. The molecule has 2 aromatic carbocycles. The molecular weight excluding hydrogens is 518 g/mol. The fourth-order valence-electron chi connectivity index (χ4n) is 4.56. The van der Waals surface area contributed by atoms with Gasteiger partial charge < -0.3 is 38.5 Å². The molecule has 2 heterocycles. The highest BCUT2D eigenvalue weighted by atomic mass is 16.8. The summed E-state index contributed by atoms with van der Waals surface area (Å²) in [6.07, 6.45) is -5.49. The van der Waals surface area contributed by atoms with Crippen molar-refractivity contribution in [3.05, 3.63) is 71.8 Å². The molecule has 0 bridgehead atoms. The largest absolute Gasteiger partial charge is 0.464 e. The third-order valence-electron chi connectivity index (χ3n) is 6.33. The monoisotopic (exact) mass is 557 g/mol. The summed E-state index contributed by atoms with van der Waals surface area (Å²) in [5.41, 5.74) is 0.990. The van der Waals surface area contributed by atoms with Crippen LogP contribution in [0.15, 0.2) is 60.7 Å². The van der Waals surface area contributed by atoms with Crippen molar-refractivity contribution in [2.24, 2.45) is 0 Å². The molecule has 2 fully saturated rings. The van der Waals surface area contributed by atoms with E-state index in [2.05, 4.69) is 5.32 Å². The second-order valence-electron chi connectivity index (χ2n) is 10.7. The number of carbonyl (C=O) groups is 2. The van der Waals surface area contributed by atoms with Crippen LogP contribution in [0.2, 0.25) is 0 Å². The molecule has 1 N–H and O–H groups in total. The number of fused-ring (bicyclic) bond motifs is 1. The minimum absolute atomic E-state index is 0.183. The van der Waals surface area contributed by atoms with Crippen LogP contribution in [-0.2, 0) is 44.6 Å². The molecule has 2 saturated heterocycles. The van der Waals surface area contributed by atoms with Crippen molar-refractivity contribution < 1.29 is 42.7 Å². The van der Waals surface area contributed by atoms with Crippen molar-refractivity contribution in [1.29, 1.82) is 0 Å². The van der Waals surface area contributed by atoms with Gasteiger partial charge in [-0.2, -0.15) is 0 Å². The fraction of sp³-hybridized carbons (Fsp3) is 0.533. The van der Waals surface area contributed by atoms with E-state index < -0.39 is 60.7 Å². The van der Waals surface area contributed by atoms with E-state index in [-0.39, 0.29) is 19.8 Å². The number of rotatable bonds is 9. The van der Waals surface area contributed by atoms with Crippen molar-refractivity contribution in [3.8, 4) is 0 Å². The molecule has 0 spiro atoms. The summed E-state index contributed by atoms with van der Waals surface area (Å²) in [6, 6.07) is 18.2. The molecule has 2 aliphatic heterocycles. The van der Waals surface area contributed by atoms with Crippen LogP contribution in [-0.4, -0.2) is 67.6 Å². The molecule has 10 heteroatoms. The van der Waals surface area contributed by atoms with Crippen LogP contribution in [0.4, 0.5) is 4.79 Å². The van der Waals surface area contributed by atoms with Crippen LogP contribution in [0.25, 0.3) is 0 Å². The Kier molecular flexibility index (Phi) is 10.2. The lowest BCUT2D eigenvalue weighted by molar-refractivity contribution is -0.352. The molecule has 2 aromatic rings. The van der Waals surface area contributed by atoms with Crippen molar-refractivity contribution >= 4 is 12.1 Å². The quantitative estimate of drug-likeness (QED) is 0.452. The summed E-state index contributed by atoms with van der Waals surface area (Å²) in [6.45, 7) is 9.23. The van der Waals surface area contributed by atoms with Gasteiger partial charge in [0.1, 0.15) is 30.0 Å². The lowest BCUT2D eigenvalue weighted by Crippen LogP contribution is -2.68. The predicted octanol–water partition coefficient (Wildman–Crippen LogP) is 4.27. The first-order valence-electron chi connectivity index (χ1n) is 13.6. The maximum atomic E-state index is 13.0. The number of esters is 1. The number of alkyl carbamates (subject to hydrolysis) is 1. The average Bonchev–Trinajstić information content (AvgIpc) is 2.93. The Hall–Kier alpha value is -3.02. The van der Waals surface area contributed by atoms with Gasteiger partial charge in [0.2, 0.25) is 0 Å². The molecule has 10 nitrogen and oxygen atoms in total. The third-order valence-corrected chi connectivity index (χ3v) is 6.33. The highest BCUT2D eigenvalue weighted by molar-refractivity contribution is 5.74. The van der Waals surface area contributed by atoms with Crippen molar-refractivity contribution in [1.82, 2.24) is 5.32 Å². The first kappa shape index (κ1) is 30.0. The molecule has 218 valence electrons. The summed E-state index contributed by atoms with van der Waals surface area (Å²) in [4.78, 5) is 25.6. The van der Waals surface area contributed by atoms with E-state index in [9.17, 15) is 9.59 Å². The summed E-state index contributed by atoms with van der Waals surface area (Å²) < 4.78 is 41.9. The zero-order valence-corrected chi connectivity index (χ0v) is 23.6. The Morgan fingerprint density at radius 3 is 2.35 bits per heavy atom. The molecular formula is C30H39NO9. The molecule has 7 atom stereocenters. The van der Waals surface area contributed by atoms with E-state index in [1.54, 1.807) is 34.6 Å². The Labute approximate surface area is 235 Å². The van der Waals surface area contributed by atoms with E-state index in [1.165, 1.54) is 0 Å². The van der Waals surface area contributed by atoms with Gasteiger partial charge >= 0.3 is 12.1 Å². The molecule has 0 unspecified atom stereocenters. The zero-order chi connectivity index (χ0) is 28.7. The maximum Gasteiger partial charge on any atom is 0.408 e. The van der Waals surface area contributed by atoms with E-state index >= 15 is 0 Å². The normalized spacial score (nSPS) is 27.2. The molecule has 0 aliphatic carbocycles. The number of amides is 1. The first-order valence-corrected chi connectivity index (χ1v) is 13.6. The average molecular weight is 558 g/mol. The van der Waals surface area contributed by atoms with E-state index in [0.717, 1.165) is 11.1 Å². The van der Waals surface area contributed by atoms with Gasteiger partial charge in [-0.15, -0.1) is 0 Å². The fourth-order valence-corrected chi connectivity index (χ4v) is 4.56. The second kappa shape index (κ2) is 13.6. The maximum absolute atomic E-state index is 13.0. The second-order valence-corrected chi connectivity index (χ2v) is 10.7. The Balaban J connectivity index is 1.64. The summed E-state index contributed by atoms with van der Waals surface area (Å²) in [5.74, 6) is -0.532. The minimum Gasteiger partial charge on any atom is -0.464 e. The molecule has 0 radical (unpaired) electrons. The van der Waals surface area contributed by atoms with Crippen molar-refractivity contribution in [2.45, 2.75) is 89.9 Å². The number of hydrogen-bond acceptors (Lipinski definition) is 9. The standard InChI is InChI=1S/C30H39NO9/c1-6-34-26(32)19(2)37-25-23(31-29(33)40-30(3,4)5)28(35-17-20-13-9-7-10-14-20)38-22-18-36-27(39-24(22)25)21-15-11-8-12-16-21/h7-16,19,22-25,27-28H,6,17-18H2,1-5H3,(H,31,33)/t19-,22-,23-,24-,25-,27-,28-/m1/s1. The molecule has 0 saturated carbocycles. The number of nitrogens with one attached hydrogen (secondary N) is 1. The van der Waals surface area contributed by atoms with Gasteiger partial charge in [0.05, 0.1) is 19.8 Å². The van der Waals surface area contributed by atoms with Gasteiger partial charge in [0, 0.05) is 5.56 Å². The van der Waals surface area contributed by atoms with Crippen LogP contribution in [0, 0.1) is 0 Å². The van der Waals surface area contributed by atoms with Crippen molar-refractivity contribution in [3.63, 3.8) is 0 Å². The van der Waals surface area contributed by atoms with Crippen molar-refractivity contribution in [2.75, 3.05) is 13.2 Å². The van der Waals surface area contributed by atoms with Gasteiger partial charge in [0.15, 0.2) is 18.7 Å². The van der Waals surface area contributed by atoms with E-state index in [4.69, 9.17) is 33.2 Å². The van der Waals surface area contributed by atoms with Crippen LogP contribution in [0.1, 0.15) is 52.0 Å². The molecule has 0 aromatic heterocycles. The predicted molar refractivity (Wildman–Crippen MR) is 144 cm³/mol. The summed E-state index contributed by atoms with van der Waals surface area (Å²) in [5, 5.41) is 2.87. The van der Waals surface area contributed by atoms with Gasteiger partial charge in [-0.05, 0) is 40.2 Å². The lowest BCUT2D eigenvalue weighted by Gasteiger charge is -2.49. The lowest BCUT2D eigenvalue weighted by atomic mass is 9.95. The van der Waals surface area contributed by atoms with E-state index in [1.807, 2.05) is 60.7 Å². The van der Waals surface area contributed by atoms with Gasteiger partial charge in [-0.3, -0.25) is 0 Å². The number of ether oxygens (including phenoxy) is 7. The number of hydrogen-bond donors (Lipinski definition) is 1. The highest BCUT2D eigenvalue weighted by Gasteiger charge is 2.53. The van der Waals surface area contributed by atoms with Gasteiger partial charge in [-0.1, -0.05) is 60.7 Å². The van der Waals surface area contributed by atoms with Gasteiger partial charge in [0.25, 0.3) is 0 Å². The van der Waals surface area contributed by atoms with Crippen LogP contribution >= 0.6 is 0 Å². The van der Waals surface area contributed by atoms with Crippen LogP contribution in [0.5, 0.6) is 0 Å². The van der Waals surface area contributed by atoms with E-state index in [0.29, 0.717) is 0 Å². The smallest absolute Gasteiger partial charge is 0.408 e. The molecule has 1 amide bonds.